The van der Waals surface area contributed by atoms with Crippen LogP contribution in [0.1, 0.15) is 0 Å². The van der Waals surface area contributed by atoms with Gasteiger partial charge >= 0.3 is 0 Å². The summed E-state index contributed by atoms with van der Waals surface area (Å²) in [6.07, 6.45) is 5.45. The van der Waals surface area contributed by atoms with Crippen LogP contribution >= 0.6 is 0 Å². The molecule has 0 radical (unpaired) electrons. The number of aryl methyl sites for hydroxylation is 1. The molecule has 3 aromatic rings. The second kappa shape index (κ2) is 3.55. The number of hydrogen-bond donors (Lipinski definition) is 1. The Morgan fingerprint density at radius 2 is 2.12 bits per heavy atom. The van der Waals surface area contributed by atoms with Crippen LogP contribution in [0.2, 0.25) is 0 Å². The van der Waals surface area contributed by atoms with Gasteiger partial charge in [0.2, 0.25) is 0 Å². The Morgan fingerprint density at radius 3 is 2.88 bits per heavy atom. The molecule has 0 aliphatic rings. The van der Waals surface area contributed by atoms with Crippen molar-refractivity contribution in [3.05, 3.63) is 36.8 Å². The van der Waals surface area contributed by atoms with Crippen molar-refractivity contribution in [1.29, 1.82) is 0 Å². The van der Waals surface area contributed by atoms with Gasteiger partial charge in [-0.3, -0.25) is 4.68 Å². The minimum absolute atomic E-state index is 0.480. The van der Waals surface area contributed by atoms with E-state index in [4.69, 9.17) is 5.73 Å². The smallest absolute Gasteiger partial charge is 0.125 e. The molecule has 0 bridgehead atoms. The van der Waals surface area contributed by atoms with Crippen molar-refractivity contribution in [1.82, 2.24) is 19.7 Å². The van der Waals surface area contributed by atoms with E-state index in [1.54, 1.807) is 23.1 Å². The minimum Gasteiger partial charge on any atom is -0.384 e. The molecular formula is C12H11N5. The lowest BCUT2D eigenvalue weighted by molar-refractivity contribution is 0.768. The van der Waals surface area contributed by atoms with E-state index in [0.29, 0.717) is 5.82 Å². The van der Waals surface area contributed by atoms with Crippen molar-refractivity contribution >= 4 is 16.7 Å². The summed E-state index contributed by atoms with van der Waals surface area (Å²) in [6.45, 7) is 0. The largest absolute Gasteiger partial charge is 0.384 e. The molecule has 3 rings (SSSR count). The molecule has 0 atom stereocenters. The Morgan fingerprint density at radius 1 is 1.24 bits per heavy atom. The number of aromatic nitrogens is 4. The van der Waals surface area contributed by atoms with Gasteiger partial charge in [0.25, 0.3) is 0 Å². The number of nitrogen functional groups attached to an aromatic ring is 1. The number of fused-ring (bicyclic) bond motifs is 1. The van der Waals surface area contributed by atoms with Gasteiger partial charge in [-0.15, -0.1) is 0 Å². The van der Waals surface area contributed by atoms with Crippen LogP contribution in [0.15, 0.2) is 36.8 Å². The first kappa shape index (κ1) is 9.77. The van der Waals surface area contributed by atoms with Crippen molar-refractivity contribution in [3.63, 3.8) is 0 Å². The van der Waals surface area contributed by atoms with E-state index in [1.165, 1.54) is 0 Å². The maximum Gasteiger partial charge on any atom is 0.125 e. The highest BCUT2D eigenvalue weighted by Gasteiger charge is 2.04. The molecule has 84 valence electrons. The summed E-state index contributed by atoms with van der Waals surface area (Å²) in [5.41, 5.74) is 8.37. The molecule has 5 heteroatoms. The third-order valence-corrected chi connectivity index (χ3v) is 2.60. The SMILES string of the molecule is Cn1cc(-c2ccc3cnc(N)cc3n2)cn1. The van der Waals surface area contributed by atoms with Crippen LogP contribution in [0.5, 0.6) is 0 Å². The van der Waals surface area contributed by atoms with Gasteiger partial charge in [-0.05, 0) is 12.1 Å². The molecule has 5 nitrogen and oxygen atoms in total. The molecule has 3 aromatic heterocycles. The Balaban J connectivity index is 2.18. The fourth-order valence-electron chi connectivity index (χ4n) is 1.75. The van der Waals surface area contributed by atoms with Crippen LogP contribution in [-0.4, -0.2) is 19.7 Å². The highest BCUT2D eigenvalue weighted by Crippen LogP contribution is 2.20. The van der Waals surface area contributed by atoms with Gasteiger partial charge in [0.05, 0.1) is 17.4 Å². The van der Waals surface area contributed by atoms with E-state index in [1.807, 2.05) is 25.4 Å². The normalized spacial score (nSPS) is 10.9. The van der Waals surface area contributed by atoms with Gasteiger partial charge < -0.3 is 5.73 Å². The van der Waals surface area contributed by atoms with Gasteiger partial charge in [-0.2, -0.15) is 5.10 Å². The van der Waals surface area contributed by atoms with Crippen LogP contribution in [0.3, 0.4) is 0 Å². The molecule has 0 aromatic carbocycles. The summed E-state index contributed by atoms with van der Waals surface area (Å²) in [5.74, 6) is 0.480. The highest BCUT2D eigenvalue weighted by atomic mass is 15.2. The van der Waals surface area contributed by atoms with E-state index in [2.05, 4.69) is 15.1 Å². The summed E-state index contributed by atoms with van der Waals surface area (Å²) in [6, 6.07) is 5.71. The molecule has 0 saturated heterocycles. The van der Waals surface area contributed by atoms with Crippen LogP contribution in [0.25, 0.3) is 22.2 Å². The van der Waals surface area contributed by atoms with Crippen LogP contribution in [-0.2, 0) is 7.05 Å². The molecule has 0 aliphatic carbocycles. The van der Waals surface area contributed by atoms with Crippen LogP contribution < -0.4 is 5.73 Å². The number of rotatable bonds is 1. The van der Waals surface area contributed by atoms with Gasteiger partial charge in [0.1, 0.15) is 5.82 Å². The second-order valence-corrected chi connectivity index (χ2v) is 3.90. The molecule has 0 aliphatic heterocycles. The number of hydrogen-bond acceptors (Lipinski definition) is 4. The molecule has 0 fully saturated rings. The first-order valence-corrected chi connectivity index (χ1v) is 5.24. The zero-order valence-electron chi connectivity index (χ0n) is 9.33. The van der Waals surface area contributed by atoms with Crippen LogP contribution in [0, 0.1) is 0 Å². The molecule has 0 amide bonds. The highest BCUT2D eigenvalue weighted by molar-refractivity contribution is 5.82. The maximum absolute atomic E-state index is 5.65. The molecule has 2 N–H and O–H groups in total. The first-order valence-electron chi connectivity index (χ1n) is 5.24. The second-order valence-electron chi connectivity index (χ2n) is 3.90. The summed E-state index contributed by atoms with van der Waals surface area (Å²) in [7, 11) is 1.88. The van der Waals surface area contributed by atoms with Crippen molar-refractivity contribution in [2.75, 3.05) is 5.73 Å². The summed E-state index contributed by atoms with van der Waals surface area (Å²) >= 11 is 0. The predicted octanol–water partition coefficient (Wildman–Crippen LogP) is 1.61. The van der Waals surface area contributed by atoms with E-state index in [0.717, 1.165) is 22.2 Å². The quantitative estimate of drug-likeness (QED) is 0.683. The molecule has 3 heterocycles. The minimum atomic E-state index is 0.480. The predicted molar refractivity (Wildman–Crippen MR) is 66.2 cm³/mol. The lowest BCUT2D eigenvalue weighted by atomic mass is 10.2. The molecule has 0 spiro atoms. The van der Waals surface area contributed by atoms with Crippen LogP contribution in [0.4, 0.5) is 5.82 Å². The van der Waals surface area contributed by atoms with E-state index < -0.39 is 0 Å². The number of pyridine rings is 2. The standard InChI is InChI=1S/C12H11N5/c1-17-7-9(6-15-17)10-3-2-8-5-14-12(13)4-11(8)16-10/h2-7H,1H3,(H2,13,14). The fraction of sp³-hybridized carbons (Fsp3) is 0.0833. The van der Waals surface area contributed by atoms with E-state index >= 15 is 0 Å². The number of nitrogens with zero attached hydrogens (tertiary/aromatic N) is 4. The Labute approximate surface area is 97.9 Å². The molecule has 0 unspecified atom stereocenters. The fourth-order valence-corrected chi connectivity index (χ4v) is 1.75. The van der Waals surface area contributed by atoms with Gasteiger partial charge in [0, 0.05) is 36.5 Å². The third kappa shape index (κ3) is 1.71. The Kier molecular flexibility index (Phi) is 2.04. The third-order valence-electron chi connectivity index (χ3n) is 2.60. The van der Waals surface area contributed by atoms with Crippen molar-refractivity contribution < 1.29 is 0 Å². The molecule has 17 heavy (non-hydrogen) atoms. The van der Waals surface area contributed by atoms with Gasteiger partial charge in [-0.25, -0.2) is 9.97 Å². The van der Waals surface area contributed by atoms with Crippen molar-refractivity contribution in [3.8, 4) is 11.3 Å². The number of anilines is 1. The topological polar surface area (TPSA) is 69.6 Å². The summed E-state index contributed by atoms with van der Waals surface area (Å²) in [4.78, 5) is 8.58. The zero-order valence-corrected chi connectivity index (χ0v) is 9.33. The van der Waals surface area contributed by atoms with E-state index in [-0.39, 0.29) is 0 Å². The first-order chi connectivity index (χ1) is 8.22. The average Bonchev–Trinajstić information content (AvgIpc) is 2.75. The average molecular weight is 225 g/mol. The number of nitrogens with two attached hydrogens (primary N) is 1. The molecule has 0 saturated carbocycles. The van der Waals surface area contributed by atoms with Gasteiger partial charge in [0.15, 0.2) is 0 Å². The Hall–Kier alpha value is -2.43. The Bertz CT molecular complexity index is 686. The van der Waals surface area contributed by atoms with Gasteiger partial charge in [-0.1, -0.05) is 0 Å². The lowest BCUT2D eigenvalue weighted by Crippen LogP contribution is -1.91. The molecular weight excluding hydrogens is 214 g/mol. The monoisotopic (exact) mass is 225 g/mol. The van der Waals surface area contributed by atoms with Crippen molar-refractivity contribution in [2.24, 2.45) is 7.05 Å². The zero-order chi connectivity index (χ0) is 11.8. The van der Waals surface area contributed by atoms with Crippen molar-refractivity contribution in [2.45, 2.75) is 0 Å². The summed E-state index contributed by atoms with van der Waals surface area (Å²) in [5, 5.41) is 5.11. The lowest BCUT2D eigenvalue weighted by Gasteiger charge is -2.01. The summed E-state index contributed by atoms with van der Waals surface area (Å²) < 4.78 is 1.75. The van der Waals surface area contributed by atoms with E-state index in [9.17, 15) is 0 Å². The maximum atomic E-state index is 5.65.